The molecule has 0 aliphatic heterocycles. The largest absolute Gasteiger partial charge is 0.385 e. The van der Waals surface area contributed by atoms with Crippen LogP contribution in [0.1, 0.15) is 5.69 Å². The lowest BCUT2D eigenvalue weighted by atomic mass is 10.4. The third-order valence-electron chi connectivity index (χ3n) is 1.64. The first-order chi connectivity index (χ1) is 5.81. The number of rotatable bonds is 0. The van der Waals surface area contributed by atoms with Crippen molar-refractivity contribution in [2.75, 3.05) is 5.73 Å². The van der Waals surface area contributed by atoms with Gasteiger partial charge in [-0.3, -0.25) is 4.40 Å². The highest BCUT2D eigenvalue weighted by atomic mass is 15.0. The molecule has 2 N–H and O–H groups in total. The van der Waals surface area contributed by atoms with Gasteiger partial charge in [0.25, 0.3) is 0 Å². The van der Waals surface area contributed by atoms with E-state index < -0.39 is 0 Å². The fourth-order valence-electron chi connectivity index (χ4n) is 1.09. The molecule has 2 heterocycles. The Kier molecular flexibility index (Phi) is 1.25. The van der Waals surface area contributed by atoms with Crippen LogP contribution in [-0.2, 0) is 0 Å². The number of imidazole rings is 1. The SMILES string of the molecule is N#Cc1cn2c(N)cccc2n1. The van der Waals surface area contributed by atoms with E-state index in [0.29, 0.717) is 17.2 Å². The van der Waals surface area contributed by atoms with E-state index in [9.17, 15) is 0 Å². The van der Waals surface area contributed by atoms with Crippen LogP contribution in [0.5, 0.6) is 0 Å². The van der Waals surface area contributed by atoms with Crippen molar-refractivity contribution >= 4 is 11.5 Å². The summed E-state index contributed by atoms with van der Waals surface area (Å²) in [5.74, 6) is 0.585. The van der Waals surface area contributed by atoms with Crippen molar-refractivity contribution in [3.05, 3.63) is 30.1 Å². The fraction of sp³-hybridized carbons (Fsp3) is 0. The van der Waals surface area contributed by atoms with Gasteiger partial charge in [-0.25, -0.2) is 4.98 Å². The van der Waals surface area contributed by atoms with E-state index in [4.69, 9.17) is 11.0 Å². The lowest BCUT2D eigenvalue weighted by Gasteiger charge is -1.95. The number of nitrogens with zero attached hydrogens (tertiary/aromatic N) is 3. The van der Waals surface area contributed by atoms with E-state index in [1.54, 1.807) is 28.8 Å². The zero-order valence-electron chi connectivity index (χ0n) is 6.23. The van der Waals surface area contributed by atoms with Crippen LogP contribution >= 0.6 is 0 Å². The molecule has 0 bridgehead atoms. The van der Waals surface area contributed by atoms with Gasteiger partial charge in [0.05, 0.1) is 0 Å². The Morgan fingerprint density at radius 1 is 1.50 bits per heavy atom. The minimum atomic E-state index is 0.382. The first-order valence-corrected chi connectivity index (χ1v) is 3.45. The summed E-state index contributed by atoms with van der Waals surface area (Å²) in [4.78, 5) is 4.01. The van der Waals surface area contributed by atoms with Crippen LogP contribution in [0.2, 0.25) is 0 Å². The monoisotopic (exact) mass is 158 g/mol. The average Bonchev–Trinajstić information content (AvgIpc) is 2.49. The summed E-state index contributed by atoms with van der Waals surface area (Å²) >= 11 is 0. The maximum Gasteiger partial charge on any atom is 0.159 e. The molecule has 0 saturated heterocycles. The Hall–Kier alpha value is -2.02. The Balaban J connectivity index is 2.85. The molecule has 0 spiro atoms. The predicted octanol–water partition coefficient (Wildman–Crippen LogP) is 0.788. The van der Waals surface area contributed by atoms with Gasteiger partial charge in [-0.2, -0.15) is 5.26 Å². The molecule has 58 valence electrons. The number of nitriles is 1. The topological polar surface area (TPSA) is 67.1 Å². The zero-order chi connectivity index (χ0) is 8.55. The highest BCUT2D eigenvalue weighted by Gasteiger charge is 2.00. The molecule has 0 aliphatic rings. The van der Waals surface area contributed by atoms with E-state index in [0.717, 1.165) is 0 Å². The summed E-state index contributed by atoms with van der Waals surface area (Å²) in [6, 6.07) is 7.32. The molecule has 0 aromatic carbocycles. The summed E-state index contributed by atoms with van der Waals surface area (Å²) in [6.07, 6.45) is 1.62. The van der Waals surface area contributed by atoms with Gasteiger partial charge in [0, 0.05) is 6.20 Å². The number of fused-ring (bicyclic) bond motifs is 1. The highest BCUT2D eigenvalue weighted by Crippen LogP contribution is 2.09. The molecular weight excluding hydrogens is 152 g/mol. The van der Waals surface area contributed by atoms with Crippen molar-refractivity contribution in [1.82, 2.24) is 9.38 Å². The van der Waals surface area contributed by atoms with Crippen molar-refractivity contribution in [3.8, 4) is 6.07 Å². The number of hydrogen-bond donors (Lipinski definition) is 1. The van der Waals surface area contributed by atoms with Gasteiger partial charge in [0.15, 0.2) is 5.69 Å². The molecular formula is C8H6N4. The van der Waals surface area contributed by atoms with Gasteiger partial charge in [-0.1, -0.05) is 6.07 Å². The van der Waals surface area contributed by atoms with Gasteiger partial charge in [-0.05, 0) is 12.1 Å². The van der Waals surface area contributed by atoms with Crippen molar-refractivity contribution in [2.24, 2.45) is 0 Å². The summed E-state index contributed by atoms with van der Waals surface area (Å²) in [5.41, 5.74) is 6.72. The van der Waals surface area contributed by atoms with Crippen molar-refractivity contribution in [1.29, 1.82) is 5.26 Å². The van der Waals surface area contributed by atoms with Crippen LogP contribution in [0.3, 0.4) is 0 Å². The molecule has 0 fully saturated rings. The Morgan fingerprint density at radius 3 is 3.00 bits per heavy atom. The fourth-order valence-corrected chi connectivity index (χ4v) is 1.09. The quantitative estimate of drug-likeness (QED) is 0.616. The molecule has 12 heavy (non-hydrogen) atoms. The molecule has 2 rings (SSSR count). The van der Waals surface area contributed by atoms with E-state index in [1.165, 1.54) is 0 Å². The molecule has 4 heteroatoms. The lowest BCUT2D eigenvalue weighted by Crippen LogP contribution is -1.93. The average molecular weight is 158 g/mol. The minimum absolute atomic E-state index is 0.382. The maximum absolute atomic E-state index is 8.56. The van der Waals surface area contributed by atoms with E-state index in [1.807, 2.05) is 6.07 Å². The molecule has 0 amide bonds. The molecule has 0 aliphatic carbocycles. The Morgan fingerprint density at radius 2 is 2.33 bits per heavy atom. The summed E-state index contributed by atoms with van der Waals surface area (Å²) in [6.45, 7) is 0. The zero-order valence-corrected chi connectivity index (χ0v) is 6.23. The standard InChI is InChI=1S/C8H6N4/c9-4-6-5-12-7(10)2-1-3-8(12)11-6/h1-3,5H,10H2. The molecule has 4 nitrogen and oxygen atoms in total. The third-order valence-corrected chi connectivity index (χ3v) is 1.64. The summed E-state index contributed by atoms with van der Waals surface area (Å²) in [7, 11) is 0. The van der Waals surface area contributed by atoms with Crippen LogP contribution in [0, 0.1) is 11.3 Å². The predicted molar refractivity (Wildman–Crippen MR) is 44.3 cm³/mol. The number of nitrogens with two attached hydrogens (primary N) is 1. The number of anilines is 1. The smallest absolute Gasteiger partial charge is 0.159 e. The van der Waals surface area contributed by atoms with Gasteiger partial charge in [0.1, 0.15) is 17.5 Å². The van der Waals surface area contributed by atoms with Gasteiger partial charge < -0.3 is 5.73 Å². The van der Waals surface area contributed by atoms with Gasteiger partial charge in [0.2, 0.25) is 0 Å². The Labute approximate surface area is 68.9 Å². The first-order valence-electron chi connectivity index (χ1n) is 3.45. The molecule has 0 radical (unpaired) electrons. The van der Waals surface area contributed by atoms with Gasteiger partial charge in [-0.15, -0.1) is 0 Å². The summed E-state index contributed by atoms with van der Waals surface area (Å²) < 4.78 is 1.68. The van der Waals surface area contributed by atoms with E-state index >= 15 is 0 Å². The van der Waals surface area contributed by atoms with Crippen molar-refractivity contribution in [3.63, 3.8) is 0 Å². The van der Waals surface area contributed by atoms with Crippen LogP contribution in [0.15, 0.2) is 24.4 Å². The molecule has 0 atom stereocenters. The van der Waals surface area contributed by atoms with Crippen LogP contribution in [0.4, 0.5) is 5.82 Å². The number of nitrogen functional groups attached to an aromatic ring is 1. The van der Waals surface area contributed by atoms with E-state index in [2.05, 4.69) is 4.98 Å². The lowest BCUT2D eigenvalue weighted by molar-refractivity contribution is 1.20. The second-order valence-electron chi connectivity index (χ2n) is 2.42. The molecule has 2 aromatic heterocycles. The van der Waals surface area contributed by atoms with Crippen LogP contribution in [0.25, 0.3) is 5.65 Å². The molecule has 0 saturated carbocycles. The first kappa shape index (κ1) is 6.68. The maximum atomic E-state index is 8.56. The Bertz CT molecular complexity index is 463. The highest BCUT2D eigenvalue weighted by molar-refractivity contribution is 5.50. The number of aromatic nitrogens is 2. The second-order valence-corrected chi connectivity index (χ2v) is 2.42. The number of pyridine rings is 1. The minimum Gasteiger partial charge on any atom is -0.385 e. The number of hydrogen-bond acceptors (Lipinski definition) is 3. The molecule has 2 aromatic rings. The second kappa shape index (κ2) is 2.24. The van der Waals surface area contributed by atoms with Crippen LogP contribution in [-0.4, -0.2) is 9.38 Å². The van der Waals surface area contributed by atoms with Gasteiger partial charge >= 0.3 is 0 Å². The summed E-state index contributed by atoms with van der Waals surface area (Å²) in [5, 5.41) is 8.56. The van der Waals surface area contributed by atoms with E-state index in [-0.39, 0.29) is 0 Å². The third kappa shape index (κ3) is 0.805. The normalized spacial score (nSPS) is 9.92. The van der Waals surface area contributed by atoms with Crippen molar-refractivity contribution in [2.45, 2.75) is 0 Å². The van der Waals surface area contributed by atoms with Crippen molar-refractivity contribution < 1.29 is 0 Å². The van der Waals surface area contributed by atoms with Crippen LogP contribution < -0.4 is 5.73 Å². The molecule has 0 unspecified atom stereocenters.